The molecular weight excluding hydrogens is 357 g/mol. The van der Waals surface area contributed by atoms with E-state index in [2.05, 4.69) is 10.4 Å². The summed E-state index contributed by atoms with van der Waals surface area (Å²) in [5, 5.41) is 14.9. The lowest BCUT2D eigenvalue weighted by Crippen LogP contribution is -2.18. The minimum atomic E-state index is -4.74. The predicted molar refractivity (Wildman–Crippen MR) is 92.8 cm³/mol. The molecule has 3 rings (SSSR count). The number of halogens is 3. The average Bonchev–Trinajstić information content (AvgIpc) is 3.05. The Labute approximate surface area is 152 Å². The number of rotatable bonds is 3. The van der Waals surface area contributed by atoms with Crippen molar-refractivity contribution in [1.29, 1.82) is 5.26 Å². The van der Waals surface area contributed by atoms with Gasteiger partial charge in [-0.1, -0.05) is 30.3 Å². The molecule has 0 atom stereocenters. The first kappa shape index (κ1) is 18.2. The van der Waals surface area contributed by atoms with Crippen LogP contribution in [0.5, 0.6) is 0 Å². The molecule has 0 aliphatic carbocycles. The molecule has 27 heavy (non-hydrogen) atoms. The van der Waals surface area contributed by atoms with Gasteiger partial charge in [0, 0.05) is 24.5 Å². The molecule has 1 N–H and O–H groups in total. The summed E-state index contributed by atoms with van der Waals surface area (Å²) < 4.78 is 40.3. The number of alkyl halides is 3. The third-order valence-corrected chi connectivity index (χ3v) is 3.82. The van der Waals surface area contributed by atoms with E-state index >= 15 is 0 Å². The number of aryl methyl sites for hydroxylation is 1. The van der Waals surface area contributed by atoms with Crippen LogP contribution in [0.4, 0.5) is 18.9 Å². The van der Waals surface area contributed by atoms with Crippen molar-refractivity contribution < 1.29 is 18.0 Å². The summed E-state index contributed by atoms with van der Waals surface area (Å²) in [5.74, 6) is -0.917. The molecule has 0 fully saturated rings. The summed E-state index contributed by atoms with van der Waals surface area (Å²) in [4.78, 5) is 12.5. The average molecular weight is 370 g/mol. The number of para-hydroxylation sites is 1. The lowest BCUT2D eigenvalue weighted by atomic mass is 10.0. The number of anilines is 1. The second-order valence-corrected chi connectivity index (χ2v) is 5.76. The van der Waals surface area contributed by atoms with Crippen molar-refractivity contribution in [2.75, 3.05) is 5.32 Å². The Bertz CT molecular complexity index is 1050. The first-order valence-electron chi connectivity index (χ1n) is 7.81. The monoisotopic (exact) mass is 370 g/mol. The molecular formula is C19H13F3N4O. The van der Waals surface area contributed by atoms with Gasteiger partial charge in [0.2, 0.25) is 0 Å². The zero-order valence-corrected chi connectivity index (χ0v) is 14.1. The second-order valence-electron chi connectivity index (χ2n) is 5.76. The Morgan fingerprint density at radius 3 is 2.63 bits per heavy atom. The minimum Gasteiger partial charge on any atom is -0.321 e. The van der Waals surface area contributed by atoms with Crippen LogP contribution in [0.1, 0.15) is 21.6 Å². The Morgan fingerprint density at radius 1 is 1.19 bits per heavy atom. The predicted octanol–water partition coefficient (Wildman–Crippen LogP) is 4.23. The Kier molecular flexibility index (Phi) is 4.69. The van der Waals surface area contributed by atoms with Gasteiger partial charge >= 0.3 is 6.18 Å². The molecule has 136 valence electrons. The zero-order valence-electron chi connectivity index (χ0n) is 14.1. The number of carbonyl (C=O) groups excluding carboxylic acids is 1. The van der Waals surface area contributed by atoms with Crippen LogP contribution >= 0.6 is 0 Å². The molecule has 3 aromatic rings. The van der Waals surface area contributed by atoms with Crippen molar-refractivity contribution in [3.05, 3.63) is 71.5 Å². The molecule has 0 unspecified atom stereocenters. The van der Waals surface area contributed by atoms with E-state index in [9.17, 15) is 18.0 Å². The molecule has 2 aromatic carbocycles. The molecule has 0 saturated carbocycles. The highest BCUT2D eigenvalue weighted by atomic mass is 19.4. The number of nitrogens with one attached hydrogen (secondary N) is 1. The van der Waals surface area contributed by atoms with Gasteiger partial charge in [-0.25, -0.2) is 0 Å². The highest BCUT2D eigenvalue weighted by Crippen LogP contribution is 2.32. The van der Waals surface area contributed by atoms with Crippen LogP contribution in [0.15, 0.2) is 54.7 Å². The lowest BCUT2D eigenvalue weighted by Gasteiger charge is -2.12. The highest BCUT2D eigenvalue weighted by Gasteiger charge is 2.39. The zero-order chi connectivity index (χ0) is 19.6. The molecule has 0 aliphatic rings. The summed E-state index contributed by atoms with van der Waals surface area (Å²) in [6.07, 6.45) is -3.72. The molecule has 0 spiro atoms. The van der Waals surface area contributed by atoms with Crippen LogP contribution in [0.3, 0.4) is 0 Å². The third kappa shape index (κ3) is 3.82. The van der Waals surface area contributed by atoms with Gasteiger partial charge < -0.3 is 5.32 Å². The molecule has 0 aliphatic heterocycles. The van der Waals surface area contributed by atoms with Crippen LogP contribution < -0.4 is 5.32 Å². The van der Waals surface area contributed by atoms with Crippen molar-refractivity contribution in [2.24, 2.45) is 7.05 Å². The number of hydrogen-bond donors (Lipinski definition) is 1. The number of hydrogen-bond acceptors (Lipinski definition) is 3. The molecule has 1 heterocycles. The van der Waals surface area contributed by atoms with Crippen molar-refractivity contribution in [3.8, 4) is 17.2 Å². The number of aromatic nitrogens is 2. The fraction of sp³-hybridized carbons (Fsp3) is 0.105. The summed E-state index contributed by atoms with van der Waals surface area (Å²) in [7, 11) is 1.31. The number of carbonyl (C=O) groups is 1. The van der Waals surface area contributed by atoms with E-state index in [1.165, 1.54) is 7.05 Å². The second kappa shape index (κ2) is 6.96. The van der Waals surface area contributed by atoms with E-state index < -0.39 is 23.3 Å². The van der Waals surface area contributed by atoms with Crippen LogP contribution in [-0.4, -0.2) is 15.7 Å². The van der Waals surface area contributed by atoms with Gasteiger partial charge in [0.15, 0.2) is 5.69 Å². The largest absolute Gasteiger partial charge is 0.435 e. The molecule has 5 nitrogen and oxygen atoms in total. The van der Waals surface area contributed by atoms with Gasteiger partial charge in [-0.05, 0) is 23.8 Å². The fourth-order valence-corrected chi connectivity index (χ4v) is 2.65. The maximum atomic E-state index is 13.1. The minimum absolute atomic E-state index is 0.328. The van der Waals surface area contributed by atoms with Crippen LogP contribution in [0.2, 0.25) is 0 Å². The normalized spacial score (nSPS) is 11.1. The maximum Gasteiger partial charge on any atom is 0.435 e. The van der Waals surface area contributed by atoms with Gasteiger partial charge in [-0.2, -0.15) is 23.5 Å². The van der Waals surface area contributed by atoms with E-state index in [1.54, 1.807) is 48.5 Å². The Morgan fingerprint density at radius 2 is 1.93 bits per heavy atom. The van der Waals surface area contributed by atoms with E-state index in [-0.39, 0.29) is 0 Å². The molecule has 0 saturated heterocycles. The van der Waals surface area contributed by atoms with E-state index in [0.29, 0.717) is 22.4 Å². The van der Waals surface area contributed by atoms with Gasteiger partial charge in [0.05, 0.1) is 17.2 Å². The quantitative estimate of drug-likeness (QED) is 0.750. The van der Waals surface area contributed by atoms with Crippen LogP contribution in [-0.2, 0) is 13.2 Å². The molecule has 0 radical (unpaired) electrons. The summed E-state index contributed by atoms with van der Waals surface area (Å²) in [6.45, 7) is 0. The number of nitrogens with zero attached hydrogens (tertiary/aromatic N) is 3. The fourth-order valence-electron chi connectivity index (χ4n) is 2.65. The Balaban J connectivity index is 1.98. The van der Waals surface area contributed by atoms with Crippen molar-refractivity contribution >= 4 is 11.6 Å². The molecule has 1 amide bonds. The molecule has 0 bridgehead atoms. The third-order valence-electron chi connectivity index (χ3n) is 3.82. The van der Waals surface area contributed by atoms with E-state index in [4.69, 9.17) is 5.26 Å². The number of amides is 1. The molecule has 1 aromatic heterocycles. The van der Waals surface area contributed by atoms with Crippen LogP contribution in [0.25, 0.3) is 11.1 Å². The summed E-state index contributed by atoms with van der Waals surface area (Å²) in [6, 6.07) is 15.4. The summed E-state index contributed by atoms with van der Waals surface area (Å²) in [5.41, 5.74) is 0.194. The van der Waals surface area contributed by atoms with Gasteiger partial charge in [-0.3, -0.25) is 9.48 Å². The van der Waals surface area contributed by atoms with Gasteiger partial charge in [0.25, 0.3) is 5.91 Å². The molecule has 8 heteroatoms. The van der Waals surface area contributed by atoms with Crippen LogP contribution in [0, 0.1) is 11.3 Å². The topological polar surface area (TPSA) is 70.7 Å². The van der Waals surface area contributed by atoms with Crippen molar-refractivity contribution in [2.45, 2.75) is 6.18 Å². The summed E-state index contributed by atoms with van der Waals surface area (Å²) >= 11 is 0. The van der Waals surface area contributed by atoms with E-state index in [1.807, 2.05) is 6.07 Å². The number of nitriles is 1. The Hall–Kier alpha value is -3.60. The van der Waals surface area contributed by atoms with Crippen molar-refractivity contribution in [3.63, 3.8) is 0 Å². The highest BCUT2D eigenvalue weighted by molar-refractivity contribution is 6.07. The number of benzene rings is 2. The standard InChI is InChI=1S/C19H13F3N4O/c1-26-11-15(17(25-26)19(20,21)22)18(27)24-16-8-3-2-7-14(16)13-6-4-5-12(9-13)10-23/h2-9,11H,1H3,(H,24,27). The first-order valence-corrected chi connectivity index (χ1v) is 7.81. The smallest absolute Gasteiger partial charge is 0.321 e. The van der Waals surface area contributed by atoms with Gasteiger partial charge in [-0.15, -0.1) is 0 Å². The SMILES string of the molecule is Cn1cc(C(=O)Nc2ccccc2-c2cccc(C#N)c2)c(C(F)(F)F)n1. The first-order chi connectivity index (χ1) is 12.8. The van der Waals surface area contributed by atoms with E-state index in [0.717, 1.165) is 10.9 Å². The van der Waals surface area contributed by atoms with Gasteiger partial charge in [0.1, 0.15) is 0 Å². The lowest BCUT2D eigenvalue weighted by molar-refractivity contribution is -0.141. The van der Waals surface area contributed by atoms with Crippen molar-refractivity contribution in [1.82, 2.24) is 9.78 Å². The maximum absolute atomic E-state index is 13.1.